The van der Waals surface area contributed by atoms with Crippen LogP contribution in [-0.4, -0.2) is 71.0 Å². The molecule has 0 N–H and O–H groups in total. The molecule has 2 fully saturated rings. The van der Waals surface area contributed by atoms with Gasteiger partial charge in [0.25, 0.3) is 0 Å². The van der Waals surface area contributed by atoms with Crippen molar-refractivity contribution in [1.29, 1.82) is 0 Å². The molecular weight excluding hydrogens is 350 g/mol. The maximum absolute atomic E-state index is 5.33. The molecule has 0 bridgehead atoms. The van der Waals surface area contributed by atoms with Crippen LogP contribution in [0.15, 0.2) is 36.7 Å². The number of aromatic nitrogens is 3. The molecule has 0 aliphatic carbocycles. The Morgan fingerprint density at radius 3 is 2.71 bits per heavy atom. The van der Waals surface area contributed by atoms with E-state index in [1.54, 1.807) is 13.4 Å². The van der Waals surface area contributed by atoms with Crippen LogP contribution in [0.5, 0.6) is 0 Å². The van der Waals surface area contributed by atoms with Crippen LogP contribution in [0.2, 0.25) is 0 Å². The van der Waals surface area contributed by atoms with Gasteiger partial charge in [0.2, 0.25) is 0 Å². The summed E-state index contributed by atoms with van der Waals surface area (Å²) in [5.74, 6) is 1.82. The first-order valence-corrected chi connectivity index (χ1v) is 10.6. The average molecular weight is 384 g/mol. The lowest BCUT2D eigenvalue weighted by atomic mass is 9.76. The molecule has 0 radical (unpaired) electrons. The molecule has 0 spiro atoms. The van der Waals surface area contributed by atoms with Crippen LogP contribution >= 0.6 is 0 Å². The standard InChI is InChI=1S/C22H33N5O/c1-3-27-21(23-18-24-27)15-26-14-20-13-25(11-12-28-2)16-22(20,17-26)10-9-19-7-5-4-6-8-19/h4-8,18,20H,3,9-17H2,1-2H3. The third kappa shape index (κ3) is 4.14. The van der Waals surface area contributed by atoms with Gasteiger partial charge in [-0.1, -0.05) is 30.3 Å². The molecule has 0 amide bonds. The molecule has 2 aromatic rings. The third-order valence-corrected chi connectivity index (χ3v) is 6.63. The van der Waals surface area contributed by atoms with Gasteiger partial charge >= 0.3 is 0 Å². The van der Waals surface area contributed by atoms with Crippen molar-refractivity contribution in [3.63, 3.8) is 0 Å². The highest BCUT2D eigenvalue weighted by atomic mass is 16.5. The Hall–Kier alpha value is -1.76. The zero-order valence-corrected chi connectivity index (χ0v) is 17.3. The Balaban J connectivity index is 1.45. The molecule has 6 heteroatoms. The fourth-order valence-corrected chi connectivity index (χ4v) is 5.18. The molecule has 0 saturated carbocycles. The number of ether oxygens (including phenoxy) is 1. The fraction of sp³-hybridized carbons (Fsp3) is 0.636. The van der Waals surface area contributed by atoms with Gasteiger partial charge in [0, 0.05) is 51.8 Å². The molecule has 6 nitrogen and oxygen atoms in total. The fourth-order valence-electron chi connectivity index (χ4n) is 5.18. The van der Waals surface area contributed by atoms with Crippen LogP contribution in [0, 0.1) is 11.3 Å². The van der Waals surface area contributed by atoms with E-state index in [9.17, 15) is 0 Å². The van der Waals surface area contributed by atoms with Crippen molar-refractivity contribution in [3.05, 3.63) is 48.0 Å². The number of nitrogens with zero attached hydrogens (tertiary/aromatic N) is 5. The van der Waals surface area contributed by atoms with Gasteiger partial charge in [-0.25, -0.2) is 9.67 Å². The molecule has 1 aromatic heterocycles. The van der Waals surface area contributed by atoms with E-state index in [1.165, 1.54) is 25.1 Å². The van der Waals surface area contributed by atoms with Gasteiger partial charge in [0.15, 0.2) is 0 Å². The molecule has 1 aromatic carbocycles. The number of hydrogen-bond acceptors (Lipinski definition) is 5. The van der Waals surface area contributed by atoms with E-state index < -0.39 is 0 Å². The van der Waals surface area contributed by atoms with Crippen molar-refractivity contribution < 1.29 is 4.74 Å². The van der Waals surface area contributed by atoms with Crippen molar-refractivity contribution in [3.8, 4) is 0 Å². The van der Waals surface area contributed by atoms with Crippen LogP contribution in [-0.2, 0) is 24.2 Å². The average Bonchev–Trinajstić information content (AvgIpc) is 3.38. The molecule has 2 atom stereocenters. The topological polar surface area (TPSA) is 46.4 Å². The first kappa shape index (κ1) is 19.6. The second-order valence-corrected chi connectivity index (χ2v) is 8.43. The zero-order chi connectivity index (χ0) is 19.4. The highest BCUT2D eigenvalue weighted by molar-refractivity contribution is 5.16. The van der Waals surface area contributed by atoms with Crippen LogP contribution < -0.4 is 0 Å². The van der Waals surface area contributed by atoms with Gasteiger partial charge in [-0.05, 0) is 31.2 Å². The van der Waals surface area contributed by atoms with Gasteiger partial charge < -0.3 is 9.64 Å². The SMILES string of the molecule is CCn1ncnc1CN1CC2CN(CCOC)CC2(CCc2ccccc2)C1. The predicted molar refractivity (Wildman–Crippen MR) is 110 cm³/mol. The Morgan fingerprint density at radius 1 is 1.14 bits per heavy atom. The minimum Gasteiger partial charge on any atom is -0.383 e. The number of hydrogen-bond donors (Lipinski definition) is 0. The normalized spacial score (nSPS) is 25.4. The number of likely N-dealkylation sites (tertiary alicyclic amines) is 2. The first-order valence-electron chi connectivity index (χ1n) is 10.6. The Morgan fingerprint density at radius 2 is 1.93 bits per heavy atom. The zero-order valence-electron chi connectivity index (χ0n) is 17.3. The lowest BCUT2D eigenvalue weighted by Crippen LogP contribution is -2.36. The smallest absolute Gasteiger partial charge is 0.140 e. The van der Waals surface area contributed by atoms with Crippen molar-refractivity contribution in [2.45, 2.75) is 32.9 Å². The molecular formula is C22H33N5O. The van der Waals surface area contributed by atoms with Crippen LogP contribution in [0.1, 0.15) is 24.7 Å². The number of methoxy groups -OCH3 is 1. The van der Waals surface area contributed by atoms with Gasteiger partial charge in [0.05, 0.1) is 13.2 Å². The molecule has 3 heterocycles. The van der Waals surface area contributed by atoms with Crippen LogP contribution in [0.25, 0.3) is 0 Å². The molecule has 2 aliphatic rings. The summed E-state index contributed by atoms with van der Waals surface area (Å²) >= 11 is 0. The summed E-state index contributed by atoms with van der Waals surface area (Å²) in [7, 11) is 1.80. The lowest BCUT2D eigenvalue weighted by Gasteiger charge is -2.30. The van der Waals surface area contributed by atoms with Crippen molar-refractivity contribution in [2.24, 2.45) is 11.3 Å². The van der Waals surface area contributed by atoms with Crippen LogP contribution in [0.3, 0.4) is 0 Å². The summed E-state index contributed by atoms with van der Waals surface area (Å²) in [6.07, 6.45) is 4.10. The summed E-state index contributed by atoms with van der Waals surface area (Å²) in [4.78, 5) is 9.73. The second kappa shape index (κ2) is 8.72. The third-order valence-electron chi connectivity index (χ3n) is 6.63. The first-order chi connectivity index (χ1) is 13.7. The number of rotatable bonds is 9. The van der Waals surface area contributed by atoms with Gasteiger partial charge in [-0.2, -0.15) is 5.10 Å². The summed E-state index contributed by atoms with van der Waals surface area (Å²) in [5, 5.41) is 4.34. The maximum atomic E-state index is 5.33. The van der Waals surface area contributed by atoms with E-state index in [-0.39, 0.29) is 0 Å². The van der Waals surface area contributed by atoms with E-state index >= 15 is 0 Å². The van der Waals surface area contributed by atoms with Gasteiger partial charge in [-0.15, -0.1) is 0 Å². The molecule has 4 rings (SSSR count). The highest BCUT2D eigenvalue weighted by Crippen LogP contribution is 2.46. The van der Waals surface area contributed by atoms with Crippen molar-refractivity contribution >= 4 is 0 Å². The lowest BCUT2D eigenvalue weighted by molar-refractivity contribution is 0.141. The van der Waals surface area contributed by atoms with E-state index in [0.29, 0.717) is 5.41 Å². The molecule has 28 heavy (non-hydrogen) atoms. The van der Waals surface area contributed by atoms with E-state index in [0.717, 1.165) is 57.5 Å². The number of benzene rings is 1. The molecule has 2 saturated heterocycles. The number of fused-ring (bicyclic) bond motifs is 1. The Kier molecular flexibility index (Phi) is 6.09. The van der Waals surface area contributed by atoms with Crippen LogP contribution in [0.4, 0.5) is 0 Å². The summed E-state index contributed by atoms with van der Waals surface area (Å²) in [6.45, 7) is 10.5. The predicted octanol–water partition coefficient (Wildman–Crippen LogP) is 2.31. The Labute approximate surface area is 168 Å². The van der Waals surface area contributed by atoms with Crippen molar-refractivity contribution in [1.82, 2.24) is 24.6 Å². The summed E-state index contributed by atoms with van der Waals surface area (Å²) in [6, 6.07) is 10.9. The monoisotopic (exact) mass is 383 g/mol. The quantitative estimate of drug-likeness (QED) is 0.665. The van der Waals surface area contributed by atoms with Crippen molar-refractivity contribution in [2.75, 3.05) is 46.4 Å². The minimum absolute atomic E-state index is 0.376. The van der Waals surface area contributed by atoms with E-state index in [4.69, 9.17) is 4.74 Å². The summed E-state index contributed by atoms with van der Waals surface area (Å²) < 4.78 is 7.36. The highest BCUT2D eigenvalue weighted by Gasteiger charge is 2.51. The van der Waals surface area contributed by atoms with E-state index in [2.05, 4.69) is 57.1 Å². The maximum Gasteiger partial charge on any atom is 0.140 e. The molecule has 2 aliphatic heterocycles. The number of aryl methyl sites for hydroxylation is 2. The largest absolute Gasteiger partial charge is 0.383 e. The van der Waals surface area contributed by atoms with E-state index in [1.807, 2.05) is 4.68 Å². The second-order valence-electron chi connectivity index (χ2n) is 8.43. The Bertz CT molecular complexity index is 748. The summed E-state index contributed by atoms with van der Waals surface area (Å²) in [5.41, 5.74) is 1.83. The van der Waals surface area contributed by atoms with Gasteiger partial charge in [0.1, 0.15) is 12.2 Å². The molecule has 152 valence electrons. The van der Waals surface area contributed by atoms with Gasteiger partial charge in [-0.3, -0.25) is 4.90 Å². The molecule has 2 unspecified atom stereocenters. The minimum atomic E-state index is 0.376.